The number of benzene rings is 1. The molecule has 0 radical (unpaired) electrons. The minimum Gasteiger partial charge on any atom is -0.346 e. The molecule has 0 atom stereocenters. The summed E-state index contributed by atoms with van der Waals surface area (Å²) in [5, 5.41) is 14.5. The minimum atomic E-state index is -0.103. The third-order valence-corrected chi connectivity index (χ3v) is 6.99. The SMILES string of the molecule is CN(C)C(=O)c1ccc(-c2nnc(N3CCC4(CCNCC4)C3)s2)cc1Cl.Cl. The second-order valence-electron chi connectivity index (χ2n) is 7.71. The molecule has 1 amide bonds. The Kier molecular flexibility index (Phi) is 6.49. The highest BCUT2D eigenvalue weighted by atomic mass is 35.5. The van der Waals surface area contributed by atoms with E-state index in [-0.39, 0.29) is 18.3 Å². The van der Waals surface area contributed by atoms with Gasteiger partial charge >= 0.3 is 0 Å². The Morgan fingerprint density at radius 3 is 2.68 bits per heavy atom. The van der Waals surface area contributed by atoms with E-state index in [1.165, 1.54) is 24.2 Å². The lowest BCUT2D eigenvalue weighted by Crippen LogP contribution is -2.38. The van der Waals surface area contributed by atoms with E-state index in [4.69, 9.17) is 11.6 Å². The maximum atomic E-state index is 12.1. The zero-order valence-corrected chi connectivity index (χ0v) is 18.5. The van der Waals surface area contributed by atoms with Gasteiger partial charge in [-0.3, -0.25) is 4.79 Å². The molecule has 28 heavy (non-hydrogen) atoms. The Hall–Kier alpha value is -1.41. The predicted molar refractivity (Wildman–Crippen MR) is 117 cm³/mol. The van der Waals surface area contributed by atoms with Crippen LogP contribution in [0.25, 0.3) is 10.6 Å². The first-order chi connectivity index (χ1) is 13.0. The molecular formula is C19H25Cl2N5OS. The molecule has 2 aromatic rings. The van der Waals surface area contributed by atoms with Gasteiger partial charge in [-0.25, -0.2) is 0 Å². The van der Waals surface area contributed by atoms with Crippen LogP contribution in [0.2, 0.25) is 5.02 Å². The highest BCUT2D eigenvalue weighted by Crippen LogP contribution is 2.42. The highest BCUT2D eigenvalue weighted by Gasteiger charge is 2.39. The van der Waals surface area contributed by atoms with Crippen LogP contribution in [0.5, 0.6) is 0 Å². The number of hydrogen-bond acceptors (Lipinski definition) is 6. The summed E-state index contributed by atoms with van der Waals surface area (Å²) in [5.74, 6) is -0.103. The zero-order valence-electron chi connectivity index (χ0n) is 16.1. The molecule has 2 fully saturated rings. The lowest BCUT2D eigenvalue weighted by atomic mass is 9.78. The molecular weight excluding hydrogens is 417 g/mol. The Morgan fingerprint density at radius 2 is 2.00 bits per heavy atom. The number of carbonyl (C=O) groups excluding carboxylic acids is 1. The van der Waals surface area contributed by atoms with Gasteiger partial charge in [-0.1, -0.05) is 29.0 Å². The fourth-order valence-electron chi connectivity index (χ4n) is 3.99. The van der Waals surface area contributed by atoms with Gasteiger partial charge in [0.2, 0.25) is 5.13 Å². The van der Waals surface area contributed by atoms with E-state index in [0.29, 0.717) is 16.0 Å². The molecule has 4 rings (SSSR count). The van der Waals surface area contributed by atoms with E-state index in [2.05, 4.69) is 20.4 Å². The van der Waals surface area contributed by atoms with Crippen molar-refractivity contribution in [3.63, 3.8) is 0 Å². The van der Waals surface area contributed by atoms with Gasteiger partial charge in [0.15, 0.2) is 0 Å². The molecule has 1 aromatic heterocycles. The Morgan fingerprint density at radius 1 is 1.25 bits per heavy atom. The van der Waals surface area contributed by atoms with Crippen molar-refractivity contribution < 1.29 is 4.79 Å². The van der Waals surface area contributed by atoms with Crippen LogP contribution >= 0.6 is 35.3 Å². The molecule has 2 aliphatic heterocycles. The smallest absolute Gasteiger partial charge is 0.254 e. The summed E-state index contributed by atoms with van der Waals surface area (Å²) < 4.78 is 0. The third-order valence-electron chi connectivity index (χ3n) is 5.64. The monoisotopic (exact) mass is 441 g/mol. The van der Waals surface area contributed by atoms with Crippen LogP contribution in [-0.4, -0.2) is 61.3 Å². The standard InChI is InChI=1S/C19H24ClN5OS.ClH/c1-24(2)17(26)14-4-3-13(11-15(14)20)16-22-23-18(27-16)25-10-7-19(12-25)5-8-21-9-6-19;/h3-4,11,21H,5-10,12H2,1-2H3;1H. The number of nitrogens with zero attached hydrogens (tertiary/aromatic N) is 4. The summed E-state index contributed by atoms with van der Waals surface area (Å²) in [5.41, 5.74) is 1.84. The molecule has 3 heterocycles. The highest BCUT2D eigenvalue weighted by molar-refractivity contribution is 7.18. The molecule has 152 valence electrons. The van der Waals surface area contributed by atoms with Gasteiger partial charge in [0, 0.05) is 32.7 Å². The van der Waals surface area contributed by atoms with Crippen LogP contribution in [0.15, 0.2) is 18.2 Å². The summed E-state index contributed by atoms with van der Waals surface area (Å²) in [7, 11) is 3.43. The Bertz CT molecular complexity index is 851. The summed E-state index contributed by atoms with van der Waals surface area (Å²) in [4.78, 5) is 16.0. The number of amides is 1. The van der Waals surface area contributed by atoms with Crippen molar-refractivity contribution in [2.45, 2.75) is 19.3 Å². The van der Waals surface area contributed by atoms with Crippen LogP contribution in [0.3, 0.4) is 0 Å². The van der Waals surface area contributed by atoms with E-state index in [1.807, 2.05) is 6.07 Å². The largest absolute Gasteiger partial charge is 0.346 e. The number of anilines is 1. The van der Waals surface area contributed by atoms with Gasteiger partial charge in [0.1, 0.15) is 5.01 Å². The van der Waals surface area contributed by atoms with E-state index in [1.54, 1.807) is 37.6 Å². The maximum Gasteiger partial charge on any atom is 0.254 e. The summed E-state index contributed by atoms with van der Waals surface area (Å²) >= 11 is 7.94. The maximum absolute atomic E-state index is 12.1. The van der Waals surface area contributed by atoms with Gasteiger partial charge in [-0.2, -0.15) is 0 Å². The molecule has 0 aliphatic carbocycles. The number of halogens is 2. The van der Waals surface area contributed by atoms with Gasteiger partial charge in [0.05, 0.1) is 10.6 Å². The lowest BCUT2D eigenvalue weighted by molar-refractivity contribution is 0.0828. The number of rotatable bonds is 3. The second kappa shape index (κ2) is 8.53. The normalized spacial score (nSPS) is 18.2. The predicted octanol–water partition coefficient (Wildman–Crippen LogP) is 3.56. The van der Waals surface area contributed by atoms with Crippen LogP contribution < -0.4 is 10.2 Å². The molecule has 0 bridgehead atoms. The molecule has 1 N–H and O–H groups in total. The van der Waals surface area contributed by atoms with Crippen LogP contribution in [0.1, 0.15) is 29.6 Å². The van der Waals surface area contributed by atoms with E-state index < -0.39 is 0 Å². The third kappa shape index (κ3) is 4.13. The fraction of sp³-hybridized carbons (Fsp3) is 0.526. The first-order valence-corrected chi connectivity index (χ1v) is 10.5. The van der Waals surface area contributed by atoms with Gasteiger partial charge in [0.25, 0.3) is 5.91 Å². The van der Waals surface area contributed by atoms with Crippen molar-refractivity contribution in [3.05, 3.63) is 28.8 Å². The van der Waals surface area contributed by atoms with E-state index >= 15 is 0 Å². The van der Waals surface area contributed by atoms with Crippen molar-refractivity contribution in [2.24, 2.45) is 5.41 Å². The molecule has 1 spiro atoms. The molecule has 9 heteroatoms. The summed E-state index contributed by atoms with van der Waals surface area (Å²) in [6, 6.07) is 5.47. The number of aromatic nitrogens is 2. The molecule has 0 saturated carbocycles. The van der Waals surface area contributed by atoms with Crippen molar-refractivity contribution >= 4 is 46.4 Å². The lowest BCUT2D eigenvalue weighted by Gasteiger charge is -2.33. The van der Waals surface area contributed by atoms with Crippen molar-refractivity contribution in [2.75, 3.05) is 45.2 Å². The van der Waals surface area contributed by atoms with Crippen LogP contribution in [0, 0.1) is 5.41 Å². The fourth-order valence-corrected chi connectivity index (χ4v) is 5.11. The zero-order chi connectivity index (χ0) is 19.0. The summed E-state index contributed by atoms with van der Waals surface area (Å²) in [6.45, 7) is 4.35. The first kappa shape index (κ1) is 21.3. The quantitative estimate of drug-likeness (QED) is 0.788. The molecule has 2 saturated heterocycles. The minimum absolute atomic E-state index is 0. The molecule has 6 nitrogen and oxygen atoms in total. The van der Waals surface area contributed by atoms with Gasteiger partial charge in [-0.05, 0) is 49.9 Å². The Balaban J connectivity index is 0.00000225. The van der Waals surface area contributed by atoms with Crippen LogP contribution in [0.4, 0.5) is 5.13 Å². The summed E-state index contributed by atoms with van der Waals surface area (Å²) in [6.07, 6.45) is 3.72. The average molecular weight is 442 g/mol. The number of carbonyl (C=O) groups is 1. The first-order valence-electron chi connectivity index (χ1n) is 9.28. The number of piperidine rings is 1. The van der Waals surface area contributed by atoms with Gasteiger partial charge in [-0.15, -0.1) is 22.6 Å². The van der Waals surface area contributed by atoms with Crippen molar-refractivity contribution in [1.82, 2.24) is 20.4 Å². The molecule has 2 aliphatic rings. The van der Waals surface area contributed by atoms with E-state index in [9.17, 15) is 4.79 Å². The van der Waals surface area contributed by atoms with Gasteiger partial charge < -0.3 is 15.1 Å². The molecule has 0 unspecified atom stereocenters. The number of hydrogen-bond donors (Lipinski definition) is 1. The van der Waals surface area contributed by atoms with E-state index in [0.717, 1.165) is 41.9 Å². The average Bonchev–Trinajstić information content (AvgIpc) is 3.29. The number of nitrogens with one attached hydrogen (secondary N) is 1. The van der Waals surface area contributed by atoms with Crippen molar-refractivity contribution in [3.8, 4) is 10.6 Å². The second-order valence-corrected chi connectivity index (χ2v) is 9.07. The Labute approximate surface area is 180 Å². The topological polar surface area (TPSA) is 61.4 Å². The van der Waals surface area contributed by atoms with Crippen LogP contribution in [-0.2, 0) is 0 Å². The molecule has 1 aromatic carbocycles. The van der Waals surface area contributed by atoms with Crippen molar-refractivity contribution in [1.29, 1.82) is 0 Å².